The van der Waals surface area contributed by atoms with Gasteiger partial charge in [-0.3, -0.25) is 0 Å². The fourth-order valence-electron chi connectivity index (χ4n) is 1.54. The predicted molar refractivity (Wildman–Crippen MR) is 88.2 cm³/mol. The van der Waals surface area contributed by atoms with Crippen LogP contribution >= 0.6 is 11.6 Å². The van der Waals surface area contributed by atoms with Gasteiger partial charge in [-0.1, -0.05) is 92.0 Å². The van der Waals surface area contributed by atoms with Gasteiger partial charge in [0.15, 0.2) is 0 Å². The summed E-state index contributed by atoms with van der Waals surface area (Å²) in [5.41, 5.74) is 3.14. The summed E-state index contributed by atoms with van der Waals surface area (Å²) in [5.74, 6) is 0. The zero-order valence-electron chi connectivity index (χ0n) is 10.9. The van der Waals surface area contributed by atoms with Crippen molar-refractivity contribution < 1.29 is 0 Å². The summed E-state index contributed by atoms with van der Waals surface area (Å²) in [4.78, 5) is 0. The molecule has 0 nitrogen and oxygen atoms in total. The second kappa shape index (κ2) is 8.12. The first-order valence-corrected chi connectivity index (χ1v) is 6.31. The first-order valence-electron chi connectivity index (χ1n) is 5.93. The zero-order valence-corrected chi connectivity index (χ0v) is 11.6. The number of rotatable bonds is 3. The molecule has 2 aromatic rings. The van der Waals surface area contributed by atoms with Gasteiger partial charge in [0, 0.05) is 5.02 Å². The standard InChI is InChI=1S/C10H9Cl.C8H8/c1-3-8-6-5-7-10(11)9(8)4-2;1-2-8-6-4-3-5-7-8/h3-7H,1-2H2;2-7H,1H2. The van der Waals surface area contributed by atoms with Gasteiger partial charge in [-0.2, -0.15) is 0 Å². The van der Waals surface area contributed by atoms with Gasteiger partial charge in [-0.05, 0) is 22.8 Å². The van der Waals surface area contributed by atoms with Gasteiger partial charge < -0.3 is 0 Å². The van der Waals surface area contributed by atoms with E-state index in [-0.39, 0.29) is 0 Å². The molecule has 0 N–H and O–H groups in total. The normalized spacial score (nSPS) is 8.89. The lowest BCUT2D eigenvalue weighted by Gasteiger charge is -2.01. The van der Waals surface area contributed by atoms with E-state index in [9.17, 15) is 0 Å². The van der Waals surface area contributed by atoms with Gasteiger partial charge in [0.25, 0.3) is 0 Å². The van der Waals surface area contributed by atoms with Crippen LogP contribution in [0.4, 0.5) is 0 Å². The molecule has 0 aliphatic carbocycles. The van der Waals surface area contributed by atoms with Crippen LogP contribution in [0.25, 0.3) is 18.2 Å². The van der Waals surface area contributed by atoms with Crippen LogP contribution in [0.2, 0.25) is 5.02 Å². The van der Waals surface area contributed by atoms with Crippen LogP contribution in [0.1, 0.15) is 16.7 Å². The van der Waals surface area contributed by atoms with E-state index < -0.39 is 0 Å². The first kappa shape index (κ1) is 15.0. The monoisotopic (exact) mass is 268 g/mol. The molecule has 0 aliphatic rings. The van der Waals surface area contributed by atoms with Crippen molar-refractivity contribution in [1.29, 1.82) is 0 Å². The zero-order chi connectivity index (χ0) is 14.1. The average molecular weight is 269 g/mol. The molecule has 19 heavy (non-hydrogen) atoms. The van der Waals surface area contributed by atoms with E-state index in [1.807, 2.05) is 54.6 Å². The summed E-state index contributed by atoms with van der Waals surface area (Å²) in [6, 6.07) is 15.7. The molecule has 2 aromatic carbocycles. The van der Waals surface area contributed by atoms with Crippen LogP contribution in [-0.4, -0.2) is 0 Å². The molecule has 0 atom stereocenters. The molecule has 0 fully saturated rings. The summed E-state index contributed by atoms with van der Waals surface area (Å²) in [5, 5.41) is 0.720. The topological polar surface area (TPSA) is 0 Å². The van der Waals surface area contributed by atoms with Crippen LogP contribution < -0.4 is 0 Å². The highest BCUT2D eigenvalue weighted by Gasteiger charge is 1.98. The third-order valence-electron chi connectivity index (χ3n) is 2.55. The summed E-state index contributed by atoms with van der Waals surface area (Å²) in [6.07, 6.45) is 5.34. The van der Waals surface area contributed by atoms with Crippen LogP contribution in [0.3, 0.4) is 0 Å². The van der Waals surface area contributed by atoms with Gasteiger partial charge in [-0.25, -0.2) is 0 Å². The van der Waals surface area contributed by atoms with Crippen molar-refractivity contribution in [2.45, 2.75) is 0 Å². The van der Waals surface area contributed by atoms with Gasteiger partial charge in [0.2, 0.25) is 0 Å². The maximum Gasteiger partial charge on any atom is 0.0484 e. The second-order valence-corrected chi connectivity index (χ2v) is 4.17. The van der Waals surface area contributed by atoms with Crippen molar-refractivity contribution in [2.24, 2.45) is 0 Å². The Bertz CT molecular complexity index is 553. The number of benzene rings is 2. The van der Waals surface area contributed by atoms with E-state index in [1.165, 1.54) is 5.56 Å². The minimum Gasteiger partial charge on any atom is -0.0985 e. The molecule has 2 rings (SSSR count). The molecule has 96 valence electrons. The summed E-state index contributed by atoms with van der Waals surface area (Å²) in [7, 11) is 0. The van der Waals surface area contributed by atoms with Gasteiger partial charge in [0.05, 0.1) is 0 Å². The fourth-order valence-corrected chi connectivity index (χ4v) is 1.80. The Morgan fingerprint density at radius 3 is 1.84 bits per heavy atom. The van der Waals surface area contributed by atoms with Crippen molar-refractivity contribution in [3.8, 4) is 0 Å². The molecule has 0 aromatic heterocycles. The molecule has 0 heterocycles. The highest BCUT2D eigenvalue weighted by atomic mass is 35.5. The van der Waals surface area contributed by atoms with Crippen LogP contribution in [0, 0.1) is 0 Å². The van der Waals surface area contributed by atoms with Crippen LogP contribution in [0.5, 0.6) is 0 Å². The first-order chi connectivity index (χ1) is 9.22. The lowest BCUT2D eigenvalue weighted by molar-refractivity contribution is 1.62. The quantitative estimate of drug-likeness (QED) is 0.645. The minimum absolute atomic E-state index is 0.720. The molecule has 0 radical (unpaired) electrons. The van der Waals surface area contributed by atoms with Crippen LogP contribution in [-0.2, 0) is 0 Å². The largest absolute Gasteiger partial charge is 0.0985 e. The third-order valence-corrected chi connectivity index (χ3v) is 2.88. The highest BCUT2D eigenvalue weighted by Crippen LogP contribution is 2.21. The average Bonchev–Trinajstić information content (AvgIpc) is 2.48. The number of hydrogen-bond acceptors (Lipinski definition) is 0. The van der Waals surface area contributed by atoms with Gasteiger partial charge in [0.1, 0.15) is 0 Å². The Hall–Kier alpha value is -2.05. The summed E-state index contributed by atoms with van der Waals surface area (Å²) < 4.78 is 0. The minimum atomic E-state index is 0.720. The molecule has 0 spiro atoms. The van der Waals surface area contributed by atoms with E-state index in [1.54, 1.807) is 12.2 Å². The highest BCUT2D eigenvalue weighted by molar-refractivity contribution is 6.32. The number of halogens is 1. The molecule has 1 heteroatoms. The van der Waals surface area contributed by atoms with E-state index >= 15 is 0 Å². The maximum atomic E-state index is 5.89. The van der Waals surface area contributed by atoms with Gasteiger partial charge >= 0.3 is 0 Å². The molecule has 0 amide bonds. The van der Waals surface area contributed by atoms with Crippen molar-refractivity contribution in [2.75, 3.05) is 0 Å². The molecule has 0 saturated heterocycles. The van der Waals surface area contributed by atoms with E-state index in [0.717, 1.165) is 16.1 Å². The Balaban J connectivity index is 0.000000200. The molecule has 0 unspecified atom stereocenters. The molecular weight excluding hydrogens is 252 g/mol. The smallest absolute Gasteiger partial charge is 0.0484 e. The second-order valence-electron chi connectivity index (χ2n) is 3.77. The molecule has 0 saturated carbocycles. The molecule has 0 bridgehead atoms. The van der Waals surface area contributed by atoms with Gasteiger partial charge in [-0.15, -0.1) is 0 Å². The van der Waals surface area contributed by atoms with Crippen molar-refractivity contribution in [3.63, 3.8) is 0 Å². The van der Waals surface area contributed by atoms with E-state index in [0.29, 0.717) is 0 Å². The summed E-state index contributed by atoms with van der Waals surface area (Å²) in [6.45, 7) is 11.0. The van der Waals surface area contributed by atoms with Crippen molar-refractivity contribution >= 4 is 29.8 Å². The van der Waals surface area contributed by atoms with Crippen molar-refractivity contribution in [3.05, 3.63) is 90.0 Å². The van der Waals surface area contributed by atoms with Crippen molar-refractivity contribution in [1.82, 2.24) is 0 Å². The molecule has 0 aliphatic heterocycles. The lowest BCUT2D eigenvalue weighted by Crippen LogP contribution is -1.79. The Morgan fingerprint density at radius 1 is 0.737 bits per heavy atom. The number of hydrogen-bond donors (Lipinski definition) is 0. The third kappa shape index (κ3) is 4.61. The Kier molecular flexibility index (Phi) is 6.42. The maximum absolute atomic E-state index is 5.89. The lowest BCUT2D eigenvalue weighted by atomic mass is 10.1. The van der Waals surface area contributed by atoms with E-state index in [4.69, 9.17) is 11.6 Å². The van der Waals surface area contributed by atoms with E-state index in [2.05, 4.69) is 19.7 Å². The van der Waals surface area contributed by atoms with Crippen LogP contribution in [0.15, 0.2) is 68.3 Å². The SMILES string of the molecule is C=Cc1cccc(Cl)c1C=C.C=Cc1ccccc1. The summed E-state index contributed by atoms with van der Waals surface area (Å²) >= 11 is 5.89. The molecular formula is C18H17Cl. The Morgan fingerprint density at radius 2 is 1.42 bits per heavy atom. The predicted octanol–water partition coefficient (Wildman–Crippen LogP) is 5.96. The Labute approximate surface area is 120 Å². The fraction of sp³-hybridized carbons (Fsp3) is 0.